The molecule has 1 unspecified atom stereocenters. The quantitative estimate of drug-likeness (QED) is 0.284. The molecule has 33 heavy (non-hydrogen) atoms. The second kappa shape index (κ2) is 14.8. The van der Waals surface area contributed by atoms with Crippen molar-refractivity contribution in [3.63, 3.8) is 0 Å². The zero-order valence-electron chi connectivity index (χ0n) is 18.5. The molecule has 0 aliphatic rings. The SMILES string of the molecule is CC(N)c1ccc(F)cc1Cl.CCNc1ccc(Br)cc1F.CCNc1ccc(F)c(F)c1. The Kier molecular flexibility index (Phi) is 12.9. The molecular formula is C24H27BrClF4N3. The van der Waals surface area contributed by atoms with Crippen molar-refractivity contribution in [1.82, 2.24) is 0 Å². The van der Waals surface area contributed by atoms with Gasteiger partial charge in [-0.05, 0) is 74.9 Å². The van der Waals surface area contributed by atoms with Crippen molar-refractivity contribution < 1.29 is 17.6 Å². The van der Waals surface area contributed by atoms with E-state index in [4.69, 9.17) is 17.3 Å². The molecule has 1 atom stereocenters. The highest BCUT2D eigenvalue weighted by atomic mass is 79.9. The van der Waals surface area contributed by atoms with Gasteiger partial charge in [0.15, 0.2) is 11.6 Å². The van der Waals surface area contributed by atoms with Gasteiger partial charge in [-0.15, -0.1) is 0 Å². The number of benzene rings is 3. The van der Waals surface area contributed by atoms with Crippen LogP contribution < -0.4 is 16.4 Å². The molecule has 0 aromatic heterocycles. The van der Waals surface area contributed by atoms with Gasteiger partial charge in [0.2, 0.25) is 0 Å². The van der Waals surface area contributed by atoms with E-state index in [0.29, 0.717) is 22.9 Å². The Balaban J connectivity index is 0.000000247. The van der Waals surface area contributed by atoms with Gasteiger partial charge in [-0.1, -0.05) is 33.6 Å². The van der Waals surface area contributed by atoms with E-state index in [2.05, 4.69) is 26.6 Å². The molecule has 0 bridgehead atoms. The van der Waals surface area contributed by atoms with E-state index in [9.17, 15) is 17.6 Å². The Morgan fingerprint density at radius 3 is 2.03 bits per heavy atom. The summed E-state index contributed by atoms with van der Waals surface area (Å²) < 4.78 is 51.0. The lowest BCUT2D eigenvalue weighted by atomic mass is 10.1. The van der Waals surface area contributed by atoms with E-state index >= 15 is 0 Å². The highest BCUT2D eigenvalue weighted by molar-refractivity contribution is 9.10. The molecule has 0 radical (unpaired) electrons. The van der Waals surface area contributed by atoms with Crippen LogP contribution in [0.2, 0.25) is 5.02 Å². The third-order valence-corrected chi connectivity index (χ3v) is 4.87. The van der Waals surface area contributed by atoms with Crippen LogP contribution in [0.5, 0.6) is 0 Å². The first kappa shape index (κ1) is 28.7. The smallest absolute Gasteiger partial charge is 0.160 e. The van der Waals surface area contributed by atoms with Crippen molar-refractivity contribution in [2.24, 2.45) is 5.73 Å². The van der Waals surface area contributed by atoms with E-state index in [1.165, 1.54) is 24.3 Å². The fraction of sp³-hybridized carbons (Fsp3) is 0.250. The highest BCUT2D eigenvalue weighted by Gasteiger charge is 2.05. The van der Waals surface area contributed by atoms with Crippen LogP contribution in [0, 0.1) is 23.3 Å². The molecule has 0 amide bonds. The molecule has 0 aliphatic heterocycles. The van der Waals surface area contributed by atoms with Crippen molar-refractivity contribution >= 4 is 38.9 Å². The lowest BCUT2D eigenvalue weighted by Crippen LogP contribution is -2.05. The summed E-state index contributed by atoms with van der Waals surface area (Å²) in [5.41, 5.74) is 7.48. The molecule has 3 aromatic rings. The summed E-state index contributed by atoms with van der Waals surface area (Å²) >= 11 is 8.88. The van der Waals surface area contributed by atoms with Gasteiger partial charge < -0.3 is 16.4 Å². The first-order valence-corrected chi connectivity index (χ1v) is 11.3. The van der Waals surface area contributed by atoms with Gasteiger partial charge >= 0.3 is 0 Å². The number of hydrogen-bond acceptors (Lipinski definition) is 3. The van der Waals surface area contributed by atoms with E-state index < -0.39 is 11.6 Å². The van der Waals surface area contributed by atoms with Gasteiger partial charge in [0.1, 0.15) is 11.6 Å². The summed E-state index contributed by atoms with van der Waals surface area (Å²) in [6, 6.07) is 12.8. The predicted molar refractivity (Wildman–Crippen MR) is 133 cm³/mol. The molecule has 9 heteroatoms. The van der Waals surface area contributed by atoms with Crippen LogP contribution in [0.25, 0.3) is 0 Å². The number of nitrogens with one attached hydrogen (secondary N) is 2. The van der Waals surface area contributed by atoms with E-state index in [1.807, 2.05) is 13.8 Å². The molecular weight excluding hydrogens is 522 g/mol. The highest BCUT2D eigenvalue weighted by Crippen LogP contribution is 2.22. The fourth-order valence-corrected chi connectivity index (χ4v) is 3.18. The largest absolute Gasteiger partial charge is 0.385 e. The van der Waals surface area contributed by atoms with Crippen LogP contribution in [0.1, 0.15) is 32.4 Å². The number of rotatable bonds is 5. The summed E-state index contributed by atoms with van der Waals surface area (Å²) in [7, 11) is 0. The van der Waals surface area contributed by atoms with Crippen molar-refractivity contribution in [2.75, 3.05) is 23.7 Å². The molecule has 3 nitrogen and oxygen atoms in total. The minimum atomic E-state index is -0.816. The third-order valence-electron chi connectivity index (χ3n) is 4.05. The standard InChI is InChI=1S/C8H9BrFN.C8H9ClFN.C8H9F2N/c1-2-11-8-4-3-6(9)5-7(8)10;1-5(11)7-3-2-6(10)4-8(7)9;1-2-11-6-3-4-7(9)8(10)5-6/h3-5,11H,2H2,1H3;2-5H,11H2,1H3;3-5,11H,2H2,1H3. The van der Waals surface area contributed by atoms with E-state index in [0.717, 1.165) is 28.7 Å². The third kappa shape index (κ3) is 10.5. The zero-order chi connectivity index (χ0) is 25.0. The maximum atomic E-state index is 12.9. The lowest BCUT2D eigenvalue weighted by Gasteiger charge is -2.06. The summed E-state index contributed by atoms with van der Waals surface area (Å²) in [6.07, 6.45) is 0. The molecule has 0 saturated carbocycles. The number of anilines is 2. The molecule has 0 spiro atoms. The Morgan fingerprint density at radius 2 is 1.52 bits per heavy atom. The minimum Gasteiger partial charge on any atom is -0.385 e. The predicted octanol–water partition coefficient (Wildman–Crippen LogP) is 7.92. The molecule has 4 N–H and O–H groups in total. The molecule has 0 aliphatic carbocycles. The fourth-order valence-electron chi connectivity index (χ4n) is 2.50. The van der Waals surface area contributed by atoms with Crippen molar-refractivity contribution in [3.05, 3.63) is 92.9 Å². The molecule has 3 rings (SSSR count). The number of hydrogen-bond donors (Lipinski definition) is 3. The Hall–Kier alpha value is -2.29. The Labute approximate surface area is 205 Å². The summed E-state index contributed by atoms with van der Waals surface area (Å²) in [5, 5.41) is 6.16. The second-order valence-electron chi connectivity index (χ2n) is 6.77. The van der Waals surface area contributed by atoms with Gasteiger partial charge in [0.05, 0.1) is 5.69 Å². The van der Waals surface area contributed by atoms with Gasteiger partial charge in [-0.3, -0.25) is 0 Å². The van der Waals surface area contributed by atoms with Crippen molar-refractivity contribution in [3.8, 4) is 0 Å². The average Bonchev–Trinajstić information content (AvgIpc) is 2.74. The maximum absolute atomic E-state index is 12.9. The first-order chi connectivity index (χ1) is 15.6. The van der Waals surface area contributed by atoms with Gasteiger partial charge in [-0.25, -0.2) is 17.6 Å². The van der Waals surface area contributed by atoms with Crippen LogP contribution >= 0.6 is 27.5 Å². The van der Waals surface area contributed by atoms with E-state index in [-0.39, 0.29) is 17.7 Å². The van der Waals surface area contributed by atoms with Gasteiger partial charge in [0, 0.05) is 34.3 Å². The first-order valence-electron chi connectivity index (χ1n) is 10.2. The molecule has 0 fully saturated rings. The Morgan fingerprint density at radius 1 is 0.848 bits per heavy atom. The van der Waals surface area contributed by atoms with Crippen LogP contribution in [0.3, 0.4) is 0 Å². The lowest BCUT2D eigenvalue weighted by molar-refractivity contribution is 0.509. The van der Waals surface area contributed by atoms with Crippen LogP contribution in [-0.2, 0) is 0 Å². The number of halogens is 6. The maximum Gasteiger partial charge on any atom is 0.160 e. The molecule has 3 aromatic carbocycles. The normalized spacial score (nSPS) is 10.8. The second-order valence-corrected chi connectivity index (χ2v) is 8.09. The average molecular weight is 549 g/mol. The van der Waals surface area contributed by atoms with Gasteiger partial charge in [-0.2, -0.15) is 0 Å². The van der Waals surface area contributed by atoms with Crippen molar-refractivity contribution in [1.29, 1.82) is 0 Å². The minimum absolute atomic E-state index is 0.150. The van der Waals surface area contributed by atoms with Crippen LogP contribution in [-0.4, -0.2) is 13.1 Å². The molecule has 0 saturated heterocycles. The van der Waals surface area contributed by atoms with Gasteiger partial charge in [0.25, 0.3) is 0 Å². The summed E-state index contributed by atoms with van der Waals surface area (Å²) in [5.74, 6) is -2.18. The number of nitrogens with two attached hydrogens (primary N) is 1. The summed E-state index contributed by atoms with van der Waals surface area (Å²) in [6.45, 7) is 7.06. The topological polar surface area (TPSA) is 50.1 Å². The Bertz CT molecular complexity index is 1020. The van der Waals surface area contributed by atoms with Crippen molar-refractivity contribution in [2.45, 2.75) is 26.8 Å². The molecule has 180 valence electrons. The summed E-state index contributed by atoms with van der Waals surface area (Å²) in [4.78, 5) is 0. The molecule has 0 heterocycles. The van der Waals surface area contributed by atoms with Crippen LogP contribution in [0.4, 0.5) is 28.9 Å². The van der Waals surface area contributed by atoms with Crippen LogP contribution in [0.15, 0.2) is 59.1 Å². The van der Waals surface area contributed by atoms with E-state index in [1.54, 1.807) is 25.1 Å². The zero-order valence-corrected chi connectivity index (χ0v) is 20.9. The monoisotopic (exact) mass is 547 g/mol.